The van der Waals surface area contributed by atoms with E-state index in [2.05, 4.69) is 17.4 Å². The highest BCUT2D eigenvalue weighted by Crippen LogP contribution is 2.35. The second-order valence-electron chi connectivity index (χ2n) is 6.46. The number of hydrogen-bond acceptors (Lipinski definition) is 5. The molecular weight excluding hydrogens is 336 g/mol. The second-order valence-corrected chi connectivity index (χ2v) is 7.44. The standard InChI is InChI=1S/C19H30N2O3S/c1-3-24-16-6-4-15(5-7-16)19(9-11-23-12-10-19)14-21-18(22)17(20)8-13-25-2/h4-7,17H,3,8-14,20H2,1-2H3,(H,21,22)/t17-/m0/s1. The van der Waals surface area contributed by atoms with Gasteiger partial charge in [-0.15, -0.1) is 0 Å². The summed E-state index contributed by atoms with van der Waals surface area (Å²) in [5.74, 6) is 1.70. The van der Waals surface area contributed by atoms with Gasteiger partial charge in [0.15, 0.2) is 0 Å². The zero-order chi connectivity index (χ0) is 18.1. The Kier molecular flexibility index (Phi) is 8.06. The van der Waals surface area contributed by atoms with Crippen LogP contribution < -0.4 is 15.8 Å². The molecule has 1 aromatic rings. The van der Waals surface area contributed by atoms with Crippen molar-refractivity contribution >= 4 is 17.7 Å². The number of hydrogen-bond donors (Lipinski definition) is 2. The molecule has 0 unspecified atom stereocenters. The third kappa shape index (κ3) is 5.62. The minimum Gasteiger partial charge on any atom is -0.494 e. The van der Waals surface area contributed by atoms with Crippen LogP contribution in [0.2, 0.25) is 0 Å². The Hall–Kier alpha value is -1.24. The molecule has 1 atom stereocenters. The number of nitrogens with two attached hydrogens (primary N) is 1. The van der Waals surface area contributed by atoms with Gasteiger partial charge in [0, 0.05) is 25.2 Å². The number of benzene rings is 1. The first kappa shape index (κ1) is 20.1. The van der Waals surface area contributed by atoms with Crippen molar-refractivity contribution in [2.24, 2.45) is 5.73 Å². The number of nitrogens with one attached hydrogen (secondary N) is 1. The van der Waals surface area contributed by atoms with Crippen LogP contribution in [-0.4, -0.2) is 50.3 Å². The molecule has 0 spiro atoms. The molecule has 2 rings (SSSR count). The van der Waals surface area contributed by atoms with Crippen LogP contribution in [0.1, 0.15) is 31.7 Å². The molecule has 6 heteroatoms. The van der Waals surface area contributed by atoms with Crippen molar-refractivity contribution in [3.63, 3.8) is 0 Å². The van der Waals surface area contributed by atoms with Gasteiger partial charge in [0.25, 0.3) is 0 Å². The quantitative estimate of drug-likeness (QED) is 0.702. The summed E-state index contributed by atoms with van der Waals surface area (Å²) in [4.78, 5) is 12.3. The van der Waals surface area contributed by atoms with Gasteiger partial charge < -0.3 is 20.5 Å². The molecule has 140 valence electrons. The lowest BCUT2D eigenvalue weighted by Crippen LogP contribution is -2.49. The number of ether oxygens (including phenoxy) is 2. The largest absolute Gasteiger partial charge is 0.494 e. The van der Waals surface area contributed by atoms with Gasteiger partial charge in [0.05, 0.1) is 12.6 Å². The van der Waals surface area contributed by atoms with Crippen LogP contribution in [0, 0.1) is 0 Å². The Bertz CT molecular complexity index is 530. The molecule has 0 radical (unpaired) electrons. The van der Waals surface area contributed by atoms with Crippen LogP contribution >= 0.6 is 11.8 Å². The normalized spacial score (nSPS) is 17.7. The van der Waals surface area contributed by atoms with Crippen LogP contribution in [0.4, 0.5) is 0 Å². The highest BCUT2D eigenvalue weighted by Gasteiger charge is 2.35. The molecule has 3 N–H and O–H groups in total. The van der Waals surface area contributed by atoms with Crippen LogP contribution in [0.25, 0.3) is 0 Å². The van der Waals surface area contributed by atoms with Gasteiger partial charge in [0.1, 0.15) is 5.75 Å². The molecular formula is C19H30N2O3S. The van der Waals surface area contributed by atoms with Crippen molar-refractivity contribution in [2.45, 2.75) is 37.6 Å². The lowest BCUT2D eigenvalue weighted by Gasteiger charge is -2.38. The van der Waals surface area contributed by atoms with Crippen molar-refractivity contribution < 1.29 is 14.3 Å². The molecule has 1 amide bonds. The van der Waals surface area contributed by atoms with Gasteiger partial charge in [-0.3, -0.25) is 4.79 Å². The first-order chi connectivity index (χ1) is 12.1. The third-order valence-electron chi connectivity index (χ3n) is 4.80. The monoisotopic (exact) mass is 366 g/mol. The van der Waals surface area contributed by atoms with E-state index in [0.29, 0.717) is 32.8 Å². The number of carbonyl (C=O) groups is 1. The highest BCUT2D eigenvalue weighted by atomic mass is 32.2. The van der Waals surface area contributed by atoms with Gasteiger partial charge in [-0.05, 0) is 55.9 Å². The molecule has 25 heavy (non-hydrogen) atoms. The maximum Gasteiger partial charge on any atom is 0.236 e. The van der Waals surface area contributed by atoms with Gasteiger partial charge in [0.2, 0.25) is 5.91 Å². The summed E-state index contributed by atoms with van der Waals surface area (Å²) in [6, 6.07) is 7.78. The summed E-state index contributed by atoms with van der Waals surface area (Å²) in [5.41, 5.74) is 7.11. The van der Waals surface area contributed by atoms with E-state index >= 15 is 0 Å². The Balaban J connectivity index is 2.05. The van der Waals surface area contributed by atoms with Crippen molar-refractivity contribution in [3.8, 4) is 5.75 Å². The van der Waals surface area contributed by atoms with Gasteiger partial charge >= 0.3 is 0 Å². The molecule has 1 aliphatic heterocycles. The van der Waals surface area contributed by atoms with Gasteiger partial charge in [-0.25, -0.2) is 0 Å². The van der Waals surface area contributed by atoms with Gasteiger partial charge in [-0.1, -0.05) is 12.1 Å². The molecule has 0 bridgehead atoms. The molecule has 1 aromatic carbocycles. The van der Waals surface area contributed by atoms with E-state index in [4.69, 9.17) is 15.2 Å². The van der Waals surface area contributed by atoms with Gasteiger partial charge in [-0.2, -0.15) is 11.8 Å². The molecule has 0 aliphatic carbocycles. The van der Waals surface area contributed by atoms with Crippen molar-refractivity contribution in [2.75, 3.05) is 38.4 Å². The molecule has 0 saturated carbocycles. The minimum atomic E-state index is -0.440. The first-order valence-corrected chi connectivity index (χ1v) is 10.3. The van der Waals surface area contributed by atoms with E-state index in [1.54, 1.807) is 11.8 Å². The fourth-order valence-corrected chi connectivity index (χ4v) is 3.65. The average molecular weight is 367 g/mol. The zero-order valence-electron chi connectivity index (χ0n) is 15.3. The number of rotatable bonds is 9. The minimum absolute atomic E-state index is 0.0640. The number of thioether (sulfide) groups is 1. The zero-order valence-corrected chi connectivity index (χ0v) is 16.1. The molecule has 1 fully saturated rings. The molecule has 5 nitrogen and oxygen atoms in total. The average Bonchev–Trinajstić information content (AvgIpc) is 2.65. The van der Waals surface area contributed by atoms with E-state index in [-0.39, 0.29) is 11.3 Å². The molecule has 1 saturated heterocycles. The lowest BCUT2D eigenvalue weighted by molar-refractivity contribution is -0.122. The SMILES string of the molecule is CCOc1ccc(C2(CNC(=O)[C@@H](N)CCSC)CCOCC2)cc1. The first-order valence-electron chi connectivity index (χ1n) is 8.94. The summed E-state index contributed by atoms with van der Waals surface area (Å²) in [6.07, 6.45) is 4.50. The van der Waals surface area contributed by atoms with Crippen LogP contribution in [0.5, 0.6) is 5.75 Å². The highest BCUT2D eigenvalue weighted by molar-refractivity contribution is 7.98. The van der Waals surface area contributed by atoms with Crippen molar-refractivity contribution in [3.05, 3.63) is 29.8 Å². The van der Waals surface area contributed by atoms with E-state index in [9.17, 15) is 4.79 Å². The Morgan fingerprint density at radius 1 is 1.36 bits per heavy atom. The maximum absolute atomic E-state index is 12.3. The Morgan fingerprint density at radius 2 is 2.04 bits per heavy atom. The molecule has 1 aliphatic rings. The number of amides is 1. The van der Waals surface area contributed by atoms with Crippen LogP contribution in [0.15, 0.2) is 24.3 Å². The lowest BCUT2D eigenvalue weighted by atomic mass is 9.74. The van der Waals surface area contributed by atoms with E-state index in [1.165, 1.54) is 5.56 Å². The Labute approximate surface area is 155 Å². The predicted molar refractivity (Wildman–Crippen MR) is 103 cm³/mol. The summed E-state index contributed by atoms with van der Waals surface area (Å²) in [7, 11) is 0. The van der Waals surface area contributed by atoms with E-state index < -0.39 is 6.04 Å². The summed E-state index contributed by atoms with van der Waals surface area (Å²) in [5, 5.41) is 3.08. The third-order valence-corrected chi connectivity index (χ3v) is 5.44. The summed E-state index contributed by atoms with van der Waals surface area (Å²) >= 11 is 1.71. The predicted octanol–water partition coefficient (Wildman–Crippen LogP) is 2.33. The summed E-state index contributed by atoms with van der Waals surface area (Å²) in [6.45, 7) is 4.64. The topological polar surface area (TPSA) is 73.6 Å². The second kappa shape index (κ2) is 10.0. The summed E-state index contributed by atoms with van der Waals surface area (Å²) < 4.78 is 11.1. The fraction of sp³-hybridized carbons (Fsp3) is 0.632. The van der Waals surface area contributed by atoms with Crippen molar-refractivity contribution in [1.82, 2.24) is 5.32 Å². The molecule has 1 heterocycles. The fourth-order valence-electron chi connectivity index (χ4n) is 3.16. The van der Waals surface area contributed by atoms with E-state index in [0.717, 1.165) is 24.3 Å². The Morgan fingerprint density at radius 3 is 2.64 bits per heavy atom. The van der Waals surface area contributed by atoms with E-state index in [1.807, 2.05) is 25.3 Å². The molecule has 0 aromatic heterocycles. The van der Waals surface area contributed by atoms with Crippen LogP contribution in [-0.2, 0) is 14.9 Å². The smallest absolute Gasteiger partial charge is 0.236 e. The maximum atomic E-state index is 12.3. The van der Waals surface area contributed by atoms with Crippen LogP contribution in [0.3, 0.4) is 0 Å². The number of carbonyl (C=O) groups excluding carboxylic acids is 1. The van der Waals surface area contributed by atoms with Crippen molar-refractivity contribution in [1.29, 1.82) is 0 Å².